The molecule has 0 aliphatic carbocycles. The number of aliphatic hydroxyl groups excluding tert-OH is 4. The number of amides is 1. The second kappa shape index (κ2) is 11.4. The van der Waals surface area contributed by atoms with Crippen LogP contribution >= 0.6 is 0 Å². The van der Waals surface area contributed by atoms with Crippen LogP contribution in [0, 0.1) is 6.92 Å². The second-order valence-electron chi connectivity index (χ2n) is 7.94. The number of aryl methyl sites for hydroxylation is 1. The molecule has 7 N–H and O–H groups in total. The smallest absolute Gasteiger partial charge is 0.330 e. The maximum absolute atomic E-state index is 11.7. The van der Waals surface area contributed by atoms with Crippen LogP contribution in [0.4, 0.5) is 0 Å². The molecule has 0 bridgehead atoms. The second-order valence-corrected chi connectivity index (χ2v) is 7.94. The van der Waals surface area contributed by atoms with Crippen molar-refractivity contribution in [1.29, 1.82) is 0 Å². The van der Waals surface area contributed by atoms with Crippen molar-refractivity contribution in [3.05, 3.63) is 55.2 Å². The largest absolute Gasteiger partial charge is 0.394 e. The van der Waals surface area contributed by atoms with E-state index in [1.165, 1.54) is 10.8 Å². The highest BCUT2D eigenvalue weighted by Crippen LogP contribution is 2.30. The van der Waals surface area contributed by atoms with E-state index in [1.54, 1.807) is 6.92 Å². The average molecular weight is 511 g/mol. The summed E-state index contributed by atoms with van der Waals surface area (Å²) >= 11 is 0. The number of rotatable bonds is 6. The van der Waals surface area contributed by atoms with E-state index in [0.29, 0.717) is 5.56 Å². The van der Waals surface area contributed by atoms with Crippen LogP contribution in [0.2, 0.25) is 0 Å². The van der Waals surface area contributed by atoms with Crippen LogP contribution < -0.4 is 17.0 Å². The van der Waals surface area contributed by atoms with Gasteiger partial charge in [0.2, 0.25) is 5.82 Å². The van der Waals surface area contributed by atoms with Gasteiger partial charge in [0.15, 0.2) is 6.23 Å². The number of aromatic amines is 1. The SMILES string of the molecule is Cc1cn([C@H]2C[C@H](N=[N+]=[N-])[C@@H](CO)O2)c(=O)[nH]c1=O.NC(=O)c1ncn([C@@H]2O[C@H](CO)[C@@H](O)[C@H]2O)n1. The summed E-state index contributed by atoms with van der Waals surface area (Å²) in [6.45, 7) is 0.821. The third kappa shape index (κ3) is 5.60. The molecule has 0 saturated carbocycles. The molecule has 4 heterocycles. The van der Waals surface area contributed by atoms with Crippen molar-refractivity contribution < 1.29 is 34.7 Å². The van der Waals surface area contributed by atoms with E-state index in [1.807, 2.05) is 0 Å². The molecule has 2 fully saturated rings. The number of aromatic nitrogens is 5. The normalized spacial score (nSPS) is 29.3. The van der Waals surface area contributed by atoms with E-state index >= 15 is 0 Å². The van der Waals surface area contributed by atoms with Crippen molar-refractivity contribution in [2.45, 2.75) is 56.3 Å². The first-order valence-electron chi connectivity index (χ1n) is 10.6. The minimum absolute atomic E-state index is 0.220. The van der Waals surface area contributed by atoms with Gasteiger partial charge in [0.05, 0.1) is 25.4 Å². The van der Waals surface area contributed by atoms with Gasteiger partial charge in [-0.3, -0.25) is 19.1 Å². The molecule has 1 amide bonds. The Kier molecular flexibility index (Phi) is 8.53. The topological polar surface area (TPSA) is 277 Å². The van der Waals surface area contributed by atoms with Gasteiger partial charge in [0, 0.05) is 23.1 Å². The highest BCUT2D eigenvalue weighted by Gasteiger charge is 2.44. The van der Waals surface area contributed by atoms with Gasteiger partial charge in [-0.15, -0.1) is 5.10 Å². The zero-order valence-electron chi connectivity index (χ0n) is 18.9. The van der Waals surface area contributed by atoms with Crippen molar-refractivity contribution in [1.82, 2.24) is 24.3 Å². The fourth-order valence-corrected chi connectivity index (χ4v) is 3.65. The van der Waals surface area contributed by atoms with Crippen molar-refractivity contribution in [3.63, 3.8) is 0 Å². The zero-order chi connectivity index (χ0) is 26.6. The Balaban J connectivity index is 0.000000202. The predicted molar refractivity (Wildman–Crippen MR) is 116 cm³/mol. The maximum Gasteiger partial charge on any atom is 0.330 e. The first kappa shape index (κ1) is 27.0. The molecule has 0 spiro atoms. The number of nitrogens with two attached hydrogens (primary N) is 1. The Hall–Kier alpha value is -3.64. The summed E-state index contributed by atoms with van der Waals surface area (Å²) in [5.74, 6) is -1.03. The van der Waals surface area contributed by atoms with Crippen LogP contribution in [0.3, 0.4) is 0 Å². The Morgan fingerprint density at radius 1 is 1.28 bits per heavy atom. The van der Waals surface area contributed by atoms with Crippen LogP contribution in [0.15, 0.2) is 27.2 Å². The molecule has 4 rings (SSSR count). The molecule has 2 aromatic rings. The summed E-state index contributed by atoms with van der Waals surface area (Å²) in [5.41, 5.74) is 12.7. The summed E-state index contributed by atoms with van der Waals surface area (Å²) in [6, 6.07) is -0.542. The minimum atomic E-state index is -1.27. The number of ether oxygens (including phenoxy) is 2. The first-order valence-corrected chi connectivity index (χ1v) is 10.6. The van der Waals surface area contributed by atoms with Crippen LogP contribution in [-0.4, -0.2) is 94.3 Å². The number of carbonyl (C=O) groups excluding carboxylic acids is 1. The number of nitrogens with one attached hydrogen (secondary N) is 1. The molecule has 0 unspecified atom stereocenters. The number of H-pyrrole nitrogens is 1. The van der Waals surface area contributed by atoms with Gasteiger partial charge in [-0.05, 0) is 12.5 Å². The van der Waals surface area contributed by atoms with Gasteiger partial charge < -0.3 is 35.6 Å². The van der Waals surface area contributed by atoms with Crippen molar-refractivity contribution in [3.8, 4) is 0 Å². The Morgan fingerprint density at radius 3 is 2.53 bits per heavy atom. The summed E-state index contributed by atoms with van der Waals surface area (Å²) in [4.78, 5) is 42.2. The van der Waals surface area contributed by atoms with Crippen LogP contribution in [0.25, 0.3) is 10.4 Å². The lowest BCUT2D eigenvalue weighted by molar-refractivity contribution is -0.0588. The number of nitrogens with zero attached hydrogens (tertiary/aromatic N) is 7. The fraction of sp³-hybridized carbons (Fsp3) is 0.611. The summed E-state index contributed by atoms with van der Waals surface area (Å²) in [6.07, 6.45) is -2.93. The van der Waals surface area contributed by atoms with Crippen molar-refractivity contribution in [2.75, 3.05) is 13.2 Å². The number of hydrogen-bond acceptors (Lipinski definition) is 12. The van der Waals surface area contributed by atoms with E-state index in [-0.39, 0.29) is 18.9 Å². The number of azide groups is 1. The van der Waals surface area contributed by atoms with E-state index in [2.05, 4.69) is 25.1 Å². The van der Waals surface area contributed by atoms with Gasteiger partial charge in [-0.2, -0.15) is 0 Å². The molecule has 196 valence electrons. The van der Waals surface area contributed by atoms with Gasteiger partial charge in [0.1, 0.15) is 30.9 Å². The van der Waals surface area contributed by atoms with Gasteiger partial charge in [-0.1, -0.05) is 5.11 Å². The third-order valence-corrected chi connectivity index (χ3v) is 5.55. The molecule has 0 radical (unpaired) electrons. The lowest BCUT2D eigenvalue weighted by atomic mass is 10.1. The molecular weight excluding hydrogens is 486 g/mol. The Morgan fingerprint density at radius 2 is 1.97 bits per heavy atom. The highest BCUT2D eigenvalue weighted by atomic mass is 16.6. The average Bonchev–Trinajstić information content (AvgIpc) is 3.55. The Labute approximate surface area is 201 Å². The van der Waals surface area contributed by atoms with E-state index in [0.717, 1.165) is 11.0 Å². The maximum atomic E-state index is 11.7. The van der Waals surface area contributed by atoms with Crippen LogP contribution in [-0.2, 0) is 9.47 Å². The molecule has 2 aliphatic heterocycles. The fourth-order valence-electron chi connectivity index (χ4n) is 3.65. The van der Waals surface area contributed by atoms with E-state index < -0.39 is 66.7 Å². The monoisotopic (exact) mass is 511 g/mol. The standard InChI is InChI=1S/C10H13N5O4.C8H12N4O5/c1-5-3-15(10(18)12-9(5)17)8-2-6(13-14-11)7(4-16)19-8;9-6(16)7-10-2-12(11-7)8-5(15)4(14)3(1-13)17-8/h3,6-8,16H,2,4H2,1H3,(H,12,17,18);2-5,8,13-15H,1H2,(H2,9,16)/t6-,7+,8+;3-,4-,5-,8-/m01/s1. The minimum Gasteiger partial charge on any atom is -0.394 e. The lowest BCUT2D eigenvalue weighted by Gasteiger charge is -2.14. The summed E-state index contributed by atoms with van der Waals surface area (Å²) in [7, 11) is 0. The predicted octanol–water partition coefficient (Wildman–Crippen LogP) is -3.21. The molecule has 2 aromatic heterocycles. The van der Waals surface area contributed by atoms with Crippen molar-refractivity contribution in [2.24, 2.45) is 10.8 Å². The molecule has 36 heavy (non-hydrogen) atoms. The van der Waals surface area contributed by atoms with Gasteiger partial charge in [0.25, 0.3) is 11.5 Å². The number of primary amides is 1. The summed E-state index contributed by atoms with van der Waals surface area (Å²) in [5, 5.41) is 44.5. The van der Waals surface area contributed by atoms with Crippen molar-refractivity contribution >= 4 is 5.91 Å². The number of aliphatic hydroxyl groups is 4. The zero-order valence-corrected chi connectivity index (χ0v) is 18.9. The number of hydrogen-bond donors (Lipinski definition) is 6. The quantitative estimate of drug-likeness (QED) is 0.127. The molecule has 2 aliphatic rings. The molecule has 0 aromatic carbocycles. The lowest BCUT2D eigenvalue weighted by Crippen LogP contribution is -2.33. The first-order chi connectivity index (χ1) is 17.1. The van der Waals surface area contributed by atoms with Crippen LogP contribution in [0.5, 0.6) is 0 Å². The molecular formula is C18H25N9O9. The van der Waals surface area contributed by atoms with E-state index in [4.69, 9.17) is 31.0 Å². The third-order valence-electron chi connectivity index (χ3n) is 5.55. The van der Waals surface area contributed by atoms with Crippen LogP contribution in [0.1, 0.15) is 35.1 Å². The molecule has 18 nitrogen and oxygen atoms in total. The van der Waals surface area contributed by atoms with Gasteiger partial charge in [-0.25, -0.2) is 14.5 Å². The number of carbonyl (C=O) groups is 1. The van der Waals surface area contributed by atoms with Gasteiger partial charge >= 0.3 is 5.69 Å². The molecule has 2 saturated heterocycles. The highest BCUT2D eigenvalue weighted by molar-refractivity contribution is 5.88. The molecule has 18 heteroatoms. The Bertz CT molecular complexity index is 1240. The van der Waals surface area contributed by atoms with E-state index in [9.17, 15) is 24.6 Å². The molecule has 7 atom stereocenters. The summed E-state index contributed by atoms with van der Waals surface area (Å²) < 4.78 is 12.9.